The van der Waals surface area contributed by atoms with Crippen LogP contribution in [0.15, 0.2) is 42.5 Å². The van der Waals surface area contributed by atoms with Crippen molar-refractivity contribution in [1.29, 1.82) is 0 Å². The van der Waals surface area contributed by atoms with Gasteiger partial charge in [-0.25, -0.2) is 0 Å². The number of aryl methyl sites for hydroxylation is 2. The van der Waals surface area contributed by atoms with Crippen LogP contribution in [0.4, 0.5) is 5.69 Å². The smallest absolute Gasteiger partial charge is 0.119 e. The highest BCUT2D eigenvalue weighted by atomic mass is 16.5. The van der Waals surface area contributed by atoms with Crippen LogP contribution in [0.25, 0.3) is 0 Å². The molecule has 112 valence electrons. The molecule has 1 atom stereocenters. The first kappa shape index (κ1) is 15.4. The van der Waals surface area contributed by atoms with E-state index in [1.807, 2.05) is 12.1 Å². The molecule has 0 saturated heterocycles. The van der Waals surface area contributed by atoms with Gasteiger partial charge >= 0.3 is 0 Å². The van der Waals surface area contributed by atoms with Crippen molar-refractivity contribution in [3.63, 3.8) is 0 Å². The van der Waals surface area contributed by atoms with Gasteiger partial charge in [0.05, 0.1) is 6.61 Å². The van der Waals surface area contributed by atoms with Crippen molar-refractivity contribution in [2.75, 3.05) is 11.9 Å². The summed E-state index contributed by atoms with van der Waals surface area (Å²) >= 11 is 0. The van der Waals surface area contributed by atoms with E-state index < -0.39 is 0 Å². The summed E-state index contributed by atoms with van der Waals surface area (Å²) in [5, 5.41) is 3.55. The van der Waals surface area contributed by atoms with E-state index in [1.54, 1.807) is 0 Å². The molecule has 1 N–H and O–H groups in total. The second-order valence-electron chi connectivity index (χ2n) is 5.60. The number of anilines is 1. The normalized spacial score (nSPS) is 12.0. The van der Waals surface area contributed by atoms with Crippen LogP contribution in [0.5, 0.6) is 5.75 Å². The third-order valence-electron chi connectivity index (χ3n) is 3.60. The molecule has 0 aliphatic heterocycles. The van der Waals surface area contributed by atoms with Crippen molar-refractivity contribution in [3.05, 3.63) is 59.2 Å². The predicted octanol–water partition coefficient (Wildman–Crippen LogP) is 5.27. The molecule has 0 bridgehead atoms. The molecule has 0 saturated carbocycles. The first-order valence-corrected chi connectivity index (χ1v) is 7.66. The van der Waals surface area contributed by atoms with Crippen LogP contribution in [0.1, 0.15) is 43.0 Å². The molecule has 2 nitrogen and oxygen atoms in total. The Balaban J connectivity index is 2.03. The van der Waals surface area contributed by atoms with E-state index in [0.717, 1.165) is 24.5 Å². The van der Waals surface area contributed by atoms with Gasteiger partial charge in [-0.2, -0.15) is 0 Å². The molecule has 0 aliphatic carbocycles. The summed E-state index contributed by atoms with van der Waals surface area (Å²) in [4.78, 5) is 0. The van der Waals surface area contributed by atoms with Gasteiger partial charge in [-0.15, -0.1) is 0 Å². The zero-order chi connectivity index (χ0) is 15.2. The van der Waals surface area contributed by atoms with Crippen LogP contribution >= 0.6 is 0 Å². The fourth-order valence-corrected chi connectivity index (χ4v) is 2.51. The van der Waals surface area contributed by atoms with E-state index in [1.165, 1.54) is 16.7 Å². The number of nitrogens with one attached hydrogen (secondary N) is 1. The van der Waals surface area contributed by atoms with Crippen LogP contribution < -0.4 is 10.1 Å². The molecule has 0 aromatic heterocycles. The molecular formula is C19H25NO. The SMILES string of the molecule is CCCOc1ccc(NC(C)c2ccc(C)cc2C)cc1. The molecule has 1 unspecified atom stereocenters. The Morgan fingerprint density at radius 1 is 1.05 bits per heavy atom. The average molecular weight is 283 g/mol. The lowest BCUT2D eigenvalue weighted by molar-refractivity contribution is 0.317. The molecule has 0 heterocycles. The van der Waals surface area contributed by atoms with Crippen LogP contribution in [0.2, 0.25) is 0 Å². The van der Waals surface area contributed by atoms with Crippen LogP contribution in [-0.4, -0.2) is 6.61 Å². The Morgan fingerprint density at radius 2 is 1.76 bits per heavy atom. The summed E-state index contributed by atoms with van der Waals surface area (Å²) in [6, 6.07) is 15.1. The lowest BCUT2D eigenvalue weighted by Gasteiger charge is -2.18. The van der Waals surface area contributed by atoms with Gasteiger partial charge in [0, 0.05) is 11.7 Å². The summed E-state index contributed by atoms with van der Waals surface area (Å²) in [7, 11) is 0. The Bertz CT molecular complexity index is 575. The zero-order valence-electron chi connectivity index (χ0n) is 13.4. The van der Waals surface area contributed by atoms with Gasteiger partial charge in [0.2, 0.25) is 0 Å². The van der Waals surface area contributed by atoms with Gasteiger partial charge in [-0.3, -0.25) is 0 Å². The number of hydrogen-bond acceptors (Lipinski definition) is 2. The minimum Gasteiger partial charge on any atom is -0.494 e. The van der Waals surface area contributed by atoms with Crippen LogP contribution in [0.3, 0.4) is 0 Å². The molecular weight excluding hydrogens is 258 g/mol. The zero-order valence-corrected chi connectivity index (χ0v) is 13.4. The minimum atomic E-state index is 0.285. The van der Waals surface area contributed by atoms with E-state index in [4.69, 9.17) is 4.74 Å². The molecule has 2 heteroatoms. The van der Waals surface area contributed by atoms with Crippen molar-refractivity contribution >= 4 is 5.69 Å². The summed E-state index contributed by atoms with van der Waals surface area (Å²) in [5.74, 6) is 0.932. The number of rotatable bonds is 6. The van der Waals surface area contributed by atoms with Crippen molar-refractivity contribution in [3.8, 4) is 5.75 Å². The standard InChI is InChI=1S/C19H25NO/c1-5-12-21-18-9-7-17(8-10-18)20-16(4)19-11-6-14(2)13-15(19)3/h6-11,13,16,20H,5,12H2,1-4H3. The summed E-state index contributed by atoms with van der Waals surface area (Å²) in [5.41, 5.74) is 5.09. The third kappa shape index (κ3) is 4.25. The fraction of sp³-hybridized carbons (Fsp3) is 0.368. The first-order chi connectivity index (χ1) is 10.1. The van der Waals surface area contributed by atoms with Crippen LogP contribution in [0, 0.1) is 13.8 Å². The molecule has 21 heavy (non-hydrogen) atoms. The first-order valence-electron chi connectivity index (χ1n) is 7.66. The summed E-state index contributed by atoms with van der Waals surface area (Å²) < 4.78 is 5.60. The number of ether oxygens (including phenoxy) is 1. The monoisotopic (exact) mass is 283 g/mol. The molecule has 0 radical (unpaired) electrons. The Labute approximate surface area is 128 Å². The average Bonchev–Trinajstić information content (AvgIpc) is 2.46. The number of hydrogen-bond donors (Lipinski definition) is 1. The van der Waals surface area contributed by atoms with E-state index in [9.17, 15) is 0 Å². The van der Waals surface area contributed by atoms with E-state index in [0.29, 0.717) is 0 Å². The molecule has 0 fully saturated rings. The van der Waals surface area contributed by atoms with Gasteiger partial charge in [-0.1, -0.05) is 30.7 Å². The Kier molecular flexibility index (Phi) is 5.26. The van der Waals surface area contributed by atoms with Crippen molar-refractivity contribution in [2.45, 2.75) is 40.2 Å². The van der Waals surface area contributed by atoms with Gasteiger partial charge in [0.1, 0.15) is 5.75 Å². The highest BCUT2D eigenvalue weighted by Crippen LogP contribution is 2.24. The molecule has 0 aliphatic rings. The lowest BCUT2D eigenvalue weighted by Crippen LogP contribution is -2.08. The van der Waals surface area contributed by atoms with Crippen molar-refractivity contribution in [1.82, 2.24) is 0 Å². The Morgan fingerprint density at radius 3 is 2.38 bits per heavy atom. The molecule has 2 aromatic carbocycles. The van der Waals surface area contributed by atoms with Gasteiger partial charge in [0.15, 0.2) is 0 Å². The second kappa shape index (κ2) is 7.16. The van der Waals surface area contributed by atoms with Crippen molar-refractivity contribution < 1.29 is 4.74 Å². The van der Waals surface area contributed by atoms with Crippen LogP contribution in [-0.2, 0) is 0 Å². The second-order valence-corrected chi connectivity index (χ2v) is 5.60. The van der Waals surface area contributed by atoms with E-state index in [2.05, 4.69) is 63.3 Å². The summed E-state index contributed by atoms with van der Waals surface area (Å²) in [6.07, 6.45) is 1.03. The fourth-order valence-electron chi connectivity index (χ4n) is 2.51. The largest absolute Gasteiger partial charge is 0.494 e. The van der Waals surface area contributed by atoms with Gasteiger partial charge in [-0.05, 0) is 62.6 Å². The third-order valence-corrected chi connectivity index (χ3v) is 3.60. The highest BCUT2D eigenvalue weighted by molar-refractivity contribution is 5.49. The van der Waals surface area contributed by atoms with Gasteiger partial charge in [0.25, 0.3) is 0 Å². The maximum absolute atomic E-state index is 5.60. The van der Waals surface area contributed by atoms with Gasteiger partial charge < -0.3 is 10.1 Å². The minimum absolute atomic E-state index is 0.285. The van der Waals surface area contributed by atoms with Crippen molar-refractivity contribution in [2.24, 2.45) is 0 Å². The highest BCUT2D eigenvalue weighted by Gasteiger charge is 2.08. The Hall–Kier alpha value is -1.96. The molecule has 0 spiro atoms. The van der Waals surface area contributed by atoms with E-state index >= 15 is 0 Å². The maximum atomic E-state index is 5.60. The topological polar surface area (TPSA) is 21.3 Å². The molecule has 2 aromatic rings. The number of benzene rings is 2. The summed E-state index contributed by atoms with van der Waals surface area (Å²) in [6.45, 7) is 9.37. The predicted molar refractivity (Wildman–Crippen MR) is 90.2 cm³/mol. The maximum Gasteiger partial charge on any atom is 0.119 e. The molecule has 2 rings (SSSR count). The van der Waals surface area contributed by atoms with E-state index in [-0.39, 0.29) is 6.04 Å². The molecule has 0 amide bonds. The lowest BCUT2D eigenvalue weighted by atomic mass is 10.00. The quantitative estimate of drug-likeness (QED) is 0.780.